The van der Waals surface area contributed by atoms with Crippen molar-refractivity contribution < 1.29 is 22.5 Å². The number of halogens is 3. The fraction of sp³-hybridized carbons (Fsp3) is 0.727. The van der Waals surface area contributed by atoms with Crippen molar-refractivity contribution in [1.82, 2.24) is 4.90 Å². The maximum atomic E-state index is 12.2. The van der Waals surface area contributed by atoms with E-state index in [1.165, 1.54) is 4.90 Å². The number of amides is 1. The summed E-state index contributed by atoms with van der Waals surface area (Å²) in [5, 5.41) is 0. The monoisotopic (exact) mass is 264 g/mol. The van der Waals surface area contributed by atoms with E-state index in [1.807, 2.05) is 0 Å². The third kappa shape index (κ3) is 5.47. The molecule has 0 aromatic heterocycles. The van der Waals surface area contributed by atoms with Crippen LogP contribution in [0.3, 0.4) is 0 Å². The average molecular weight is 264 g/mol. The van der Waals surface area contributed by atoms with Gasteiger partial charge in [0.05, 0.1) is 0 Å². The second kappa shape index (κ2) is 5.24. The third-order valence-corrected chi connectivity index (χ3v) is 2.48. The summed E-state index contributed by atoms with van der Waals surface area (Å²) in [5.74, 6) is 0.395. The van der Waals surface area contributed by atoms with Gasteiger partial charge in [0.2, 0.25) is 0 Å². The molecule has 7 heteroatoms. The lowest BCUT2D eigenvalue weighted by molar-refractivity contribution is 0.0236. The summed E-state index contributed by atoms with van der Waals surface area (Å²) in [6.45, 7) is 0.954. The van der Waals surface area contributed by atoms with E-state index in [4.69, 9.17) is 4.74 Å². The number of hydrogen-bond acceptors (Lipinski definition) is 2. The van der Waals surface area contributed by atoms with Gasteiger partial charge in [-0.15, -0.1) is 11.5 Å². The van der Waals surface area contributed by atoms with Crippen molar-refractivity contribution in [3.05, 3.63) is 11.5 Å². The lowest BCUT2D eigenvalue weighted by Gasteiger charge is -2.31. The molecule has 0 atom stereocenters. The Kier molecular flexibility index (Phi) is 4.34. The second-order valence-electron chi connectivity index (χ2n) is 5.42. The number of hydrogen-bond donors (Lipinski definition) is 0. The van der Waals surface area contributed by atoms with Crippen LogP contribution in [0.25, 0.3) is 0 Å². The highest BCUT2D eigenvalue weighted by Gasteiger charge is 2.26. The average Bonchev–Trinajstić information content (AvgIpc) is 2.13. The standard InChI is InChI=1S/C11H18BF3NO2/c1-11(2,3)18-10(17)16-6-4-9(5-7-16)8-12(13,14)15/h8H,4-7H2,1-3H3/q-1. The van der Waals surface area contributed by atoms with Crippen LogP contribution in [-0.4, -0.2) is 36.7 Å². The molecule has 1 aliphatic heterocycles. The Morgan fingerprint density at radius 3 is 2.17 bits per heavy atom. The van der Waals surface area contributed by atoms with Crippen molar-refractivity contribution >= 4 is 13.1 Å². The van der Waals surface area contributed by atoms with Crippen LogP contribution in [0, 0.1) is 0 Å². The largest absolute Gasteiger partial charge is 0.502 e. The van der Waals surface area contributed by atoms with Crippen LogP contribution in [-0.2, 0) is 4.74 Å². The Labute approximate surface area is 105 Å². The predicted octanol–water partition coefficient (Wildman–Crippen LogP) is 3.33. The number of ether oxygens (including phenoxy) is 1. The molecule has 1 fully saturated rings. The van der Waals surface area contributed by atoms with Crippen LogP contribution in [0.1, 0.15) is 33.6 Å². The van der Waals surface area contributed by atoms with Crippen LogP contribution in [0.4, 0.5) is 17.7 Å². The molecule has 0 radical (unpaired) electrons. The molecule has 1 rings (SSSR count). The van der Waals surface area contributed by atoms with Crippen LogP contribution < -0.4 is 0 Å². The van der Waals surface area contributed by atoms with E-state index in [-0.39, 0.29) is 25.9 Å². The van der Waals surface area contributed by atoms with Crippen LogP contribution in [0.5, 0.6) is 0 Å². The van der Waals surface area contributed by atoms with Crippen LogP contribution in [0.15, 0.2) is 11.5 Å². The maximum Gasteiger partial charge on any atom is 0.502 e. The summed E-state index contributed by atoms with van der Waals surface area (Å²) in [7, 11) is 0. The maximum absolute atomic E-state index is 12.2. The molecule has 0 unspecified atom stereocenters. The molecular weight excluding hydrogens is 246 g/mol. The lowest BCUT2D eigenvalue weighted by Crippen LogP contribution is -2.40. The zero-order valence-corrected chi connectivity index (χ0v) is 10.9. The molecule has 18 heavy (non-hydrogen) atoms. The first-order chi connectivity index (χ1) is 8.07. The van der Waals surface area contributed by atoms with E-state index in [0.717, 1.165) is 0 Å². The minimum Gasteiger partial charge on any atom is -0.445 e. The van der Waals surface area contributed by atoms with Gasteiger partial charge in [0.15, 0.2) is 0 Å². The fourth-order valence-electron chi connectivity index (χ4n) is 1.74. The Balaban J connectivity index is 2.50. The molecule has 0 saturated carbocycles. The molecule has 0 bridgehead atoms. The Hall–Kier alpha value is -1.14. The van der Waals surface area contributed by atoms with E-state index in [0.29, 0.717) is 11.5 Å². The van der Waals surface area contributed by atoms with Gasteiger partial charge in [0, 0.05) is 13.1 Å². The van der Waals surface area contributed by atoms with Gasteiger partial charge in [-0.3, -0.25) is 0 Å². The predicted molar refractivity (Wildman–Crippen MR) is 64.2 cm³/mol. The van der Waals surface area contributed by atoms with Crippen molar-refractivity contribution in [3.63, 3.8) is 0 Å². The van der Waals surface area contributed by atoms with E-state index >= 15 is 0 Å². The van der Waals surface area contributed by atoms with Gasteiger partial charge in [-0.2, -0.15) is 0 Å². The van der Waals surface area contributed by atoms with Crippen LogP contribution in [0.2, 0.25) is 0 Å². The van der Waals surface area contributed by atoms with Gasteiger partial charge in [-0.1, -0.05) is 0 Å². The van der Waals surface area contributed by atoms with E-state index < -0.39 is 18.7 Å². The van der Waals surface area contributed by atoms with Crippen molar-refractivity contribution in [2.24, 2.45) is 0 Å². The van der Waals surface area contributed by atoms with E-state index in [1.54, 1.807) is 20.8 Å². The molecule has 0 aromatic carbocycles. The number of carbonyl (C=O) groups excluding carboxylic acids is 1. The van der Waals surface area contributed by atoms with Gasteiger partial charge >= 0.3 is 13.1 Å². The van der Waals surface area contributed by atoms with Crippen molar-refractivity contribution in [3.8, 4) is 0 Å². The van der Waals surface area contributed by atoms with Crippen molar-refractivity contribution in [1.29, 1.82) is 0 Å². The summed E-state index contributed by atoms with van der Waals surface area (Å²) < 4.78 is 41.8. The number of carbonyl (C=O) groups is 1. The number of piperidine rings is 1. The third-order valence-electron chi connectivity index (χ3n) is 2.48. The minimum absolute atomic E-state index is 0.264. The number of likely N-dealkylation sites (tertiary alicyclic amines) is 1. The lowest BCUT2D eigenvalue weighted by atomic mass is 9.85. The molecule has 1 heterocycles. The first-order valence-corrected chi connectivity index (χ1v) is 5.95. The quantitative estimate of drug-likeness (QED) is 0.680. The van der Waals surface area contributed by atoms with Gasteiger partial charge in [0.1, 0.15) is 5.60 Å². The molecule has 0 aromatic rings. The first-order valence-electron chi connectivity index (χ1n) is 5.95. The summed E-state index contributed by atoms with van der Waals surface area (Å²) in [6.07, 6.45) is 0.0696. The van der Waals surface area contributed by atoms with E-state index in [9.17, 15) is 17.7 Å². The molecule has 0 aliphatic carbocycles. The molecule has 0 N–H and O–H groups in total. The summed E-state index contributed by atoms with van der Waals surface area (Å²) in [5.41, 5.74) is -0.218. The SMILES string of the molecule is CC(C)(C)OC(=O)N1CCC(=C[B-](F)(F)F)CC1. The normalized spacial score (nSPS) is 17.7. The molecule has 1 saturated heterocycles. The topological polar surface area (TPSA) is 29.5 Å². The highest BCUT2D eigenvalue weighted by molar-refractivity contribution is 6.64. The highest BCUT2D eigenvalue weighted by atomic mass is 19.4. The summed E-state index contributed by atoms with van der Waals surface area (Å²) in [6, 6.07) is 0. The molecule has 0 spiro atoms. The zero-order chi connectivity index (χ0) is 14.0. The Bertz CT molecular complexity index is 337. The Morgan fingerprint density at radius 2 is 1.78 bits per heavy atom. The summed E-state index contributed by atoms with van der Waals surface area (Å²) in [4.78, 5) is 13.1. The minimum atomic E-state index is -4.88. The molecule has 1 amide bonds. The smallest absolute Gasteiger partial charge is 0.445 e. The first kappa shape index (κ1) is 14.9. The van der Waals surface area contributed by atoms with Crippen molar-refractivity contribution in [2.75, 3.05) is 13.1 Å². The van der Waals surface area contributed by atoms with Gasteiger partial charge in [-0.05, 0) is 33.6 Å². The van der Waals surface area contributed by atoms with E-state index in [2.05, 4.69) is 0 Å². The molecule has 104 valence electrons. The second-order valence-corrected chi connectivity index (χ2v) is 5.42. The highest BCUT2D eigenvalue weighted by Crippen LogP contribution is 2.22. The molecule has 1 aliphatic rings. The summed E-state index contributed by atoms with van der Waals surface area (Å²) >= 11 is 0. The van der Waals surface area contributed by atoms with Gasteiger partial charge in [0.25, 0.3) is 0 Å². The van der Waals surface area contributed by atoms with Crippen LogP contribution >= 0.6 is 0 Å². The number of nitrogens with zero attached hydrogens (tertiary/aromatic N) is 1. The van der Waals surface area contributed by atoms with Gasteiger partial charge in [-0.25, -0.2) is 4.79 Å². The van der Waals surface area contributed by atoms with Crippen molar-refractivity contribution in [2.45, 2.75) is 39.2 Å². The molecular formula is C11H18BF3NO2-. The Morgan fingerprint density at radius 1 is 1.28 bits per heavy atom. The zero-order valence-electron chi connectivity index (χ0n) is 10.9. The fourth-order valence-corrected chi connectivity index (χ4v) is 1.74. The molecule has 3 nitrogen and oxygen atoms in total. The van der Waals surface area contributed by atoms with Gasteiger partial charge < -0.3 is 22.6 Å². The number of rotatable bonds is 1.